The second-order valence-electron chi connectivity index (χ2n) is 8.71. The number of rotatable bonds is 3. The number of aliphatic hydroxyl groups is 2. The molecule has 3 N–H and O–H groups in total. The Morgan fingerprint density at radius 1 is 1.23 bits per heavy atom. The number of piperidine rings is 1. The maximum Gasteiger partial charge on any atom is 0.126 e. The SMILES string of the molecule is Cc1[nH]c2ccccc2c1C(O)CN1CCC2(CC1)CC(O)c1cc(Cl)ccc1O2. The summed E-state index contributed by atoms with van der Waals surface area (Å²) in [5, 5.41) is 23.4. The van der Waals surface area contributed by atoms with Crippen LogP contribution in [0.25, 0.3) is 10.9 Å². The van der Waals surface area contributed by atoms with E-state index in [9.17, 15) is 10.2 Å². The summed E-state index contributed by atoms with van der Waals surface area (Å²) in [4.78, 5) is 5.67. The van der Waals surface area contributed by atoms with E-state index in [1.807, 2.05) is 31.2 Å². The van der Waals surface area contributed by atoms with E-state index in [1.165, 1.54) is 0 Å². The highest BCUT2D eigenvalue weighted by Crippen LogP contribution is 2.45. The van der Waals surface area contributed by atoms with Crippen LogP contribution in [0.1, 0.15) is 48.3 Å². The van der Waals surface area contributed by atoms with E-state index in [1.54, 1.807) is 12.1 Å². The topological polar surface area (TPSA) is 68.7 Å². The van der Waals surface area contributed by atoms with Gasteiger partial charge in [0.15, 0.2) is 0 Å². The minimum atomic E-state index is -0.557. The Hall–Kier alpha value is -2.05. The summed E-state index contributed by atoms with van der Waals surface area (Å²) in [6.07, 6.45) is 1.13. The first kappa shape index (κ1) is 19.9. The van der Waals surface area contributed by atoms with E-state index < -0.39 is 12.2 Å². The highest BCUT2D eigenvalue weighted by atomic mass is 35.5. The van der Waals surface area contributed by atoms with Crippen LogP contribution in [0.15, 0.2) is 42.5 Å². The molecule has 1 fully saturated rings. The number of halogens is 1. The maximum atomic E-state index is 11.0. The minimum absolute atomic E-state index is 0.349. The van der Waals surface area contributed by atoms with E-state index >= 15 is 0 Å². The molecule has 2 atom stereocenters. The van der Waals surface area contributed by atoms with Crippen molar-refractivity contribution in [2.24, 2.45) is 0 Å². The fraction of sp³-hybridized carbons (Fsp3) is 0.417. The molecule has 2 aliphatic rings. The molecule has 5 nitrogen and oxygen atoms in total. The van der Waals surface area contributed by atoms with E-state index in [2.05, 4.69) is 16.0 Å². The molecule has 0 radical (unpaired) electrons. The smallest absolute Gasteiger partial charge is 0.126 e. The van der Waals surface area contributed by atoms with Gasteiger partial charge in [-0.05, 0) is 44.0 Å². The summed E-state index contributed by atoms with van der Waals surface area (Å²) < 4.78 is 6.38. The Kier molecular flexibility index (Phi) is 5.02. The molecule has 2 aromatic carbocycles. The zero-order valence-electron chi connectivity index (χ0n) is 17.1. The Morgan fingerprint density at radius 2 is 2.00 bits per heavy atom. The van der Waals surface area contributed by atoms with Crippen molar-refractivity contribution in [1.82, 2.24) is 9.88 Å². The van der Waals surface area contributed by atoms with Crippen LogP contribution in [0.5, 0.6) is 5.75 Å². The fourth-order valence-electron chi connectivity index (χ4n) is 5.12. The molecule has 0 bridgehead atoms. The van der Waals surface area contributed by atoms with Gasteiger partial charge in [-0.2, -0.15) is 0 Å². The van der Waals surface area contributed by atoms with Crippen LogP contribution in [0.2, 0.25) is 5.02 Å². The predicted molar refractivity (Wildman–Crippen MR) is 118 cm³/mol. The molecule has 2 unspecified atom stereocenters. The predicted octanol–water partition coefficient (Wildman–Crippen LogP) is 4.51. The fourth-order valence-corrected chi connectivity index (χ4v) is 5.30. The summed E-state index contributed by atoms with van der Waals surface area (Å²) in [5.74, 6) is 0.737. The number of hydrogen-bond donors (Lipinski definition) is 3. The molecule has 5 rings (SSSR count). The lowest BCUT2D eigenvalue weighted by Gasteiger charge is -2.46. The van der Waals surface area contributed by atoms with Crippen LogP contribution in [-0.2, 0) is 0 Å². The first-order valence-corrected chi connectivity index (χ1v) is 11.0. The number of ether oxygens (including phenoxy) is 1. The Balaban J connectivity index is 1.27. The quantitative estimate of drug-likeness (QED) is 0.576. The maximum absolute atomic E-state index is 11.0. The van der Waals surface area contributed by atoms with Gasteiger partial charge in [-0.15, -0.1) is 0 Å². The molecule has 0 saturated carbocycles. The highest BCUT2D eigenvalue weighted by molar-refractivity contribution is 6.30. The largest absolute Gasteiger partial charge is 0.487 e. The molecular weight excluding hydrogens is 400 g/mol. The number of nitrogens with one attached hydrogen (secondary N) is 1. The number of para-hydroxylation sites is 1. The molecule has 6 heteroatoms. The molecule has 0 aliphatic carbocycles. The van der Waals surface area contributed by atoms with Gasteiger partial charge in [0, 0.05) is 58.8 Å². The number of likely N-dealkylation sites (tertiary alicyclic amines) is 1. The Labute approximate surface area is 181 Å². The number of aromatic nitrogens is 1. The summed E-state index contributed by atoms with van der Waals surface area (Å²) in [6.45, 7) is 4.26. The molecule has 1 aromatic heterocycles. The number of aliphatic hydroxyl groups excluding tert-OH is 2. The third-order valence-electron chi connectivity index (χ3n) is 6.70. The van der Waals surface area contributed by atoms with Crippen molar-refractivity contribution in [3.8, 4) is 5.75 Å². The van der Waals surface area contributed by atoms with Crippen LogP contribution in [-0.4, -0.2) is 45.3 Å². The van der Waals surface area contributed by atoms with Crippen molar-refractivity contribution >= 4 is 22.5 Å². The molecule has 3 heterocycles. The second-order valence-corrected chi connectivity index (χ2v) is 9.15. The Morgan fingerprint density at radius 3 is 2.80 bits per heavy atom. The number of nitrogens with zero attached hydrogens (tertiary/aromatic N) is 1. The van der Waals surface area contributed by atoms with Crippen LogP contribution in [0, 0.1) is 6.92 Å². The zero-order chi connectivity index (χ0) is 20.9. The lowest BCUT2D eigenvalue weighted by atomic mass is 9.81. The van der Waals surface area contributed by atoms with Crippen LogP contribution in [0.3, 0.4) is 0 Å². The van der Waals surface area contributed by atoms with E-state index in [0.717, 1.165) is 59.4 Å². The van der Waals surface area contributed by atoms with Crippen molar-refractivity contribution in [3.05, 3.63) is 64.3 Å². The van der Waals surface area contributed by atoms with Gasteiger partial charge in [0.2, 0.25) is 0 Å². The van der Waals surface area contributed by atoms with Crippen molar-refractivity contribution < 1.29 is 14.9 Å². The average Bonchev–Trinajstić information content (AvgIpc) is 3.06. The number of benzene rings is 2. The van der Waals surface area contributed by atoms with Gasteiger partial charge in [0.05, 0.1) is 12.2 Å². The molecular formula is C24H27ClN2O3. The van der Waals surface area contributed by atoms with Gasteiger partial charge in [-0.1, -0.05) is 29.8 Å². The Bertz CT molecular complexity index is 1070. The van der Waals surface area contributed by atoms with Gasteiger partial charge in [0.1, 0.15) is 11.4 Å². The van der Waals surface area contributed by atoms with Gasteiger partial charge in [-0.3, -0.25) is 0 Å². The molecule has 30 heavy (non-hydrogen) atoms. The third-order valence-corrected chi connectivity index (χ3v) is 6.93. The number of H-pyrrole nitrogens is 1. The summed E-state index contributed by atoms with van der Waals surface area (Å²) in [6, 6.07) is 13.6. The average molecular weight is 427 g/mol. The molecule has 2 aliphatic heterocycles. The summed E-state index contributed by atoms with van der Waals surface area (Å²) in [5.41, 5.74) is 3.50. The monoisotopic (exact) mass is 426 g/mol. The number of hydrogen-bond acceptors (Lipinski definition) is 4. The van der Waals surface area contributed by atoms with E-state index in [-0.39, 0.29) is 5.60 Å². The van der Waals surface area contributed by atoms with Gasteiger partial charge in [0.25, 0.3) is 0 Å². The standard InChI is InChI=1S/C24H27ClN2O3/c1-15-23(17-4-2-3-5-19(17)26-15)21(29)14-27-10-8-24(9-11-27)13-20(28)18-12-16(25)6-7-22(18)30-24/h2-7,12,20-21,26,28-29H,8-11,13-14H2,1H3. The number of aryl methyl sites for hydroxylation is 1. The van der Waals surface area contributed by atoms with Crippen molar-refractivity contribution in [3.63, 3.8) is 0 Å². The first-order valence-electron chi connectivity index (χ1n) is 10.6. The first-order chi connectivity index (χ1) is 14.4. The van der Waals surface area contributed by atoms with E-state index in [0.29, 0.717) is 18.0 Å². The molecule has 158 valence electrons. The van der Waals surface area contributed by atoms with Crippen LogP contribution in [0.4, 0.5) is 0 Å². The molecule has 1 spiro atoms. The summed E-state index contributed by atoms with van der Waals surface area (Å²) in [7, 11) is 0. The lowest BCUT2D eigenvalue weighted by Crippen LogP contribution is -2.51. The highest BCUT2D eigenvalue weighted by Gasteiger charge is 2.43. The number of fused-ring (bicyclic) bond motifs is 2. The summed E-state index contributed by atoms with van der Waals surface area (Å²) >= 11 is 6.08. The number of aromatic amines is 1. The normalized spacial score (nSPS) is 22.1. The lowest BCUT2D eigenvalue weighted by molar-refractivity contribution is -0.0587. The number of β-amino-alcohol motifs (C(OH)–C–C–N with tert-alkyl or cyclic N) is 1. The van der Waals surface area contributed by atoms with Crippen molar-refractivity contribution in [1.29, 1.82) is 0 Å². The van der Waals surface area contributed by atoms with Crippen molar-refractivity contribution in [2.75, 3.05) is 19.6 Å². The zero-order valence-corrected chi connectivity index (χ0v) is 17.8. The van der Waals surface area contributed by atoms with E-state index in [4.69, 9.17) is 16.3 Å². The minimum Gasteiger partial charge on any atom is -0.487 e. The van der Waals surface area contributed by atoms with Gasteiger partial charge < -0.3 is 24.8 Å². The van der Waals surface area contributed by atoms with Crippen LogP contribution < -0.4 is 4.74 Å². The third kappa shape index (κ3) is 3.50. The van der Waals surface area contributed by atoms with Gasteiger partial charge in [-0.25, -0.2) is 0 Å². The van der Waals surface area contributed by atoms with Crippen LogP contribution >= 0.6 is 11.6 Å². The van der Waals surface area contributed by atoms with Crippen molar-refractivity contribution in [2.45, 2.75) is 44.0 Å². The molecule has 1 saturated heterocycles. The second kappa shape index (κ2) is 7.57. The molecule has 0 amide bonds. The molecule has 3 aromatic rings. The van der Waals surface area contributed by atoms with Gasteiger partial charge >= 0.3 is 0 Å².